The normalized spacial score (nSPS) is 27.4. The Morgan fingerprint density at radius 3 is 2.30 bits per heavy atom. The van der Waals surface area contributed by atoms with Gasteiger partial charge in [0.1, 0.15) is 16.3 Å². The van der Waals surface area contributed by atoms with Crippen molar-refractivity contribution in [3.8, 4) is 0 Å². The van der Waals surface area contributed by atoms with Crippen LogP contribution in [0.15, 0.2) is 10.3 Å². The second kappa shape index (κ2) is 1.42. The van der Waals surface area contributed by atoms with Crippen LogP contribution in [0.2, 0.25) is 0 Å². The zero-order chi connectivity index (χ0) is 6.55. The van der Waals surface area contributed by atoms with Gasteiger partial charge < -0.3 is 0 Å². The van der Waals surface area contributed by atoms with E-state index in [0.717, 1.165) is 29.1 Å². The lowest BCUT2D eigenvalue weighted by Gasteiger charge is -1.89. The zero-order valence-electron chi connectivity index (χ0n) is 5.03. The van der Waals surface area contributed by atoms with Gasteiger partial charge in [-0.05, 0) is 0 Å². The molecular weight excluding hydrogens is 152 g/mol. The summed E-state index contributed by atoms with van der Waals surface area (Å²) in [6.45, 7) is 0. The molecule has 52 valence electrons. The van der Waals surface area contributed by atoms with Crippen molar-refractivity contribution in [1.82, 2.24) is 0 Å². The van der Waals surface area contributed by atoms with Crippen LogP contribution in [0.1, 0.15) is 12.8 Å². The molecule has 4 nitrogen and oxygen atoms in total. The Bertz CT molecular complexity index is 273. The highest BCUT2D eigenvalue weighted by atomic mass is 32.2. The molecule has 0 atom stereocenters. The van der Waals surface area contributed by atoms with Crippen molar-refractivity contribution in [1.29, 1.82) is 0 Å². The fraction of sp³-hybridized carbons (Fsp3) is 0.400. The third-order valence-electron chi connectivity index (χ3n) is 1.72. The molecule has 3 rings (SSSR count). The molecule has 3 aliphatic rings. The first kappa shape index (κ1) is 4.90. The molecule has 0 aromatic heterocycles. The SMILES string of the molecule is C1CC2=NOS3=C2C1=NO3. The molecule has 0 aromatic rings. The summed E-state index contributed by atoms with van der Waals surface area (Å²) in [6, 6.07) is 0. The molecule has 0 aromatic carbocycles. The predicted octanol–water partition coefficient (Wildman–Crippen LogP) is 0.824. The summed E-state index contributed by atoms with van der Waals surface area (Å²) in [7, 11) is 0. The first-order valence-electron chi connectivity index (χ1n) is 3.06. The van der Waals surface area contributed by atoms with Gasteiger partial charge in [0, 0.05) is 12.8 Å². The third-order valence-corrected chi connectivity index (χ3v) is 2.94. The van der Waals surface area contributed by atoms with Gasteiger partial charge in [-0.1, -0.05) is 10.3 Å². The smallest absolute Gasteiger partial charge is 0.248 e. The summed E-state index contributed by atoms with van der Waals surface area (Å²) in [5, 5.41) is 7.73. The van der Waals surface area contributed by atoms with E-state index >= 15 is 0 Å². The molecule has 0 saturated heterocycles. The van der Waals surface area contributed by atoms with E-state index < -0.39 is 11.0 Å². The van der Waals surface area contributed by atoms with Crippen LogP contribution in [-0.2, 0) is 8.57 Å². The van der Waals surface area contributed by atoms with Gasteiger partial charge in [-0.15, -0.1) is 0 Å². The largest absolute Gasteiger partial charge is 0.288 e. The topological polar surface area (TPSA) is 43.2 Å². The number of rotatable bonds is 0. The van der Waals surface area contributed by atoms with E-state index in [1.54, 1.807) is 0 Å². The monoisotopic (exact) mass is 156 g/mol. The molecule has 1 aliphatic carbocycles. The van der Waals surface area contributed by atoms with Crippen molar-refractivity contribution in [2.45, 2.75) is 12.8 Å². The summed E-state index contributed by atoms with van der Waals surface area (Å²) in [6.07, 6.45) is 1.95. The standard InChI is InChI=1S/C5H4N2O2S/c1-2-4-5-3(1)6-8-10(5)9-7-4/h1-2H2. The zero-order valence-corrected chi connectivity index (χ0v) is 5.85. The Morgan fingerprint density at radius 2 is 1.70 bits per heavy atom. The Labute approximate surface area is 59.8 Å². The second-order valence-corrected chi connectivity index (χ2v) is 3.46. The summed E-state index contributed by atoms with van der Waals surface area (Å²) >= 11 is -0.556. The van der Waals surface area contributed by atoms with E-state index in [9.17, 15) is 0 Å². The van der Waals surface area contributed by atoms with Crippen molar-refractivity contribution in [2.24, 2.45) is 10.3 Å². The van der Waals surface area contributed by atoms with Crippen molar-refractivity contribution in [3.63, 3.8) is 0 Å². The van der Waals surface area contributed by atoms with Gasteiger partial charge >= 0.3 is 0 Å². The molecule has 0 N–H and O–H groups in total. The van der Waals surface area contributed by atoms with E-state index in [1.165, 1.54) is 0 Å². The van der Waals surface area contributed by atoms with Gasteiger partial charge in [-0.25, -0.2) is 0 Å². The minimum absolute atomic E-state index is 0.556. The van der Waals surface area contributed by atoms with E-state index in [2.05, 4.69) is 10.3 Å². The Kier molecular flexibility index (Phi) is 0.696. The van der Waals surface area contributed by atoms with Crippen LogP contribution < -0.4 is 0 Å². The van der Waals surface area contributed by atoms with Crippen molar-refractivity contribution < 1.29 is 8.57 Å². The number of oxime groups is 2. The molecule has 1 fully saturated rings. The second-order valence-electron chi connectivity index (χ2n) is 2.29. The highest BCUT2D eigenvalue weighted by molar-refractivity contribution is 8.10. The number of hydrogen-bond acceptors (Lipinski definition) is 4. The number of hydrogen-bond donors (Lipinski definition) is 0. The van der Waals surface area contributed by atoms with E-state index in [1.807, 2.05) is 0 Å². The quantitative estimate of drug-likeness (QED) is 0.487. The minimum atomic E-state index is -0.556. The van der Waals surface area contributed by atoms with Crippen LogP contribution in [0.5, 0.6) is 0 Å². The molecule has 10 heavy (non-hydrogen) atoms. The van der Waals surface area contributed by atoms with Crippen LogP contribution in [0.4, 0.5) is 0 Å². The van der Waals surface area contributed by atoms with Crippen LogP contribution in [-0.4, -0.2) is 16.3 Å². The van der Waals surface area contributed by atoms with Gasteiger partial charge in [0.25, 0.3) is 0 Å². The molecule has 0 unspecified atom stereocenters. The van der Waals surface area contributed by atoms with E-state index in [4.69, 9.17) is 8.57 Å². The first-order chi connectivity index (χ1) is 4.95. The first-order valence-corrected chi connectivity index (χ1v) is 4.13. The van der Waals surface area contributed by atoms with Gasteiger partial charge in [0.15, 0.2) is 0 Å². The van der Waals surface area contributed by atoms with Gasteiger partial charge in [0.05, 0.1) is 0 Å². The van der Waals surface area contributed by atoms with Gasteiger partial charge in [-0.2, -0.15) is 0 Å². The summed E-state index contributed by atoms with van der Waals surface area (Å²) in [5.74, 6) is 0. The lowest BCUT2D eigenvalue weighted by Crippen LogP contribution is -2.06. The van der Waals surface area contributed by atoms with Crippen LogP contribution >= 0.6 is 11.0 Å². The summed E-state index contributed by atoms with van der Waals surface area (Å²) < 4.78 is 9.91. The maximum absolute atomic E-state index is 4.95. The van der Waals surface area contributed by atoms with Crippen molar-refractivity contribution in [2.75, 3.05) is 0 Å². The molecule has 5 heteroatoms. The predicted molar refractivity (Wildman–Crippen MR) is 38.9 cm³/mol. The maximum atomic E-state index is 4.95. The fourth-order valence-corrected chi connectivity index (χ4v) is 2.40. The van der Waals surface area contributed by atoms with E-state index in [-0.39, 0.29) is 0 Å². The Balaban J connectivity index is 2.27. The molecule has 0 amide bonds. The van der Waals surface area contributed by atoms with Crippen molar-refractivity contribution in [3.05, 3.63) is 0 Å². The average molecular weight is 156 g/mol. The lowest BCUT2D eigenvalue weighted by atomic mass is 10.3. The Hall–Kier alpha value is -0.840. The molecule has 2 heterocycles. The highest BCUT2D eigenvalue weighted by Gasteiger charge is 2.37. The summed E-state index contributed by atoms with van der Waals surface area (Å²) in [5.41, 5.74) is 2.08. The van der Waals surface area contributed by atoms with E-state index in [0.29, 0.717) is 0 Å². The van der Waals surface area contributed by atoms with Gasteiger partial charge in [-0.3, -0.25) is 8.57 Å². The van der Waals surface area contributed by atoms with Crippen LogP contribution in [0.25, 0.3) is 0 Å². The molecule has 0 radical (unpaired) electrons. The average Bonchev–Trinajstić information content (AvgIpc) is 2.56. The lowest BCUT2D eigenvalue weighted by molar-refractivity contribution is 0.311. The molecule has 2 aliphatic heterocycles. The molecule has 1 saturated carbocycles. The summed E-state index contributed by atoms with van der Waals surface area (Å²) in [4.78, 5) is 1.11. The minimum Gasteiger partial charge on any atom is -0.288 e. The van der Waals surface area contributed by atoms with Crippen LogP contribution in [0, 0.1) is 0 Å². The highest BCUT2D eigenvalue weighted by Crippen LogP contribution is 2.36. The molecule has 0 bridgehead atoms. The number of nitrogens with zero attached hydrogens (tertiary/aromatic N) is 2. The molecule has 0 spiro atoms. The van der Waals surface area contributed by atoms with Crippen LogP contribution in [0.3, 0.4) is 0 Å². The maximum Gasteiger partial charge on any atom is 0.248 e. The fourth-order valence-electron chi connectivity index (χ4n) is 1.24. The Morgan fingerprint density at radius 1 is 1.10 bits per heavy atom. The third kappa shape index (κ3) is 0.397. The van der Waals surface area contributed by atoms with Crippen molar-refractivity contribution >= 4 is 27.3 Å². The molecular formula is C5H4N2O2S. The van der Waals surface area contributed by atoms with Gasteiger partial charge in [0.2, 0.25) is 11.0 Å².